The minimum atomic E-state index is -0.762. The quantitative estimate of drug-likeness (QED) is 0.623. The van der Waals surface area contributed by atoms with Crippen molar-refractivity contribution in [1.29, 1.82) is 0 Å². The molecular weight excluding hydrogens is 130 g/mol. The van der Waals surface area contributed by atoms with Crippen LogP contribution in [0.25, 0.3) is 0 Å². The van der Waals surface area contributed by atoms with E-state index in [0.717, 1.165) is 0 Å². The van der Waals surface area contributed by atoms with E-state index >= 15 is 0 Å². The average molecular weight is 144 g/mol. The van der Waals surface area contributed by atoms with Crippen molar-refractivity contribution in [2.45, 2.75) is 6.92 Å². The molecule has 1 atom stereocenters. The first-order valence-corrected chi connectivity index (χ1v) is 3.25. The summed E-state index contributed by atoms with van der Waals surface area (Å²) in [6.07, 6.45) is 1.77. The van der Waals surface area contributed by atoms with E-state index in [1.807, 2.05) is 19.0 Å². The van der Waals surface area contributed by atoms with Gasteiger partial charge in [-0.25, -0.2) is 0 Å². The lowest BCUT2D eigenvalue weighted by molar-refractivity contribution is -0.140. The Balaban J connectivity index is 3.40. The molecule has 0 bridgehead atoms. The fourth-order valence-electron chi connectivity index (χ4n) is 0.470. The number of hydrogen-bond donors (Lipinski definition) is 1. The van der Waals surface area contributed by atoms with Crippen molar-refractivity contribution in [1.82, 2.24) is 4.90 Å². The van der Waals surface area contributed by atoms with E-state index in [4.69, 9.17) is 5.11 Å². The summed E-state index contributed by atoms with van der Waals surface area (Å²) in [5.74, 6) is -1.11. The van der Waals surface area contributed by atoms with Gasteiger partial charge in [0.25, 0.3) is 0 Å². The summed E-state index contributed by atoms with van der Waals surface area (Å²) in [5, 5.41) is 8.45. The first-order valence-electron chi connectivity index (χ1n) is 3.25. The lowest BCUT2D eigenvalue weighted by Gasteiger charge is -2.10. The third-order valence-electron chi connectivity index (χ3n) is 1.21. The summed E-state index contributed by atoms with van der Waals surface area (Å²) in [6.45, 7) is 2.39. The van der Waals surface area contributed by atoms with Gasteiger partial charge in [-0.2, -0.15) is 0 Å². The van der Waals surface area contributed by atoms with Crippen LogP contribution in [0.3, 0.4) is 0 Å². The van der Waals surface area contributed by atoms with Gasteiger partial charge >= 0.3 is 5.97 Å². The molecule has 3 nitrogen and oxygen atoms in total. The van der Waals surface area contributed by atoms with Gasteiger partial charge in [-0.15, -0.1) is 0 Å². The summed E-state index contributed by atoms with van der Waals surface area (Å²) in [5.41, 5.74) is 0. The van der Waals surface area contributed by atoms with Crippen molar-refractivity contribution < 1.29 is 9.90 Å². The molecule has 10 heavy (non-hydrogen) atoms. The summed E-state index contributed by atoms with van der Waals surface area (Å²) in [6, 6.07) is 0. The SMILES string of the molecule is CC([CH]CN(C)C)C(=O)O. The molecule has 0 aliphatic rings. The highest BCUT2D eigenvalue weighted by Crippen LogP contribution is 1.99. The molecule has 1 radical (unpaired) electrons. The van der Waals surface area contributed by atoms with E-state index in [9.17, 15) is 4.79 Å². The molecule has 0 amide bonds. The van der Waals surface area contributed by atoms with E-state index in [0.29, 0.717) is 6.54 Å². The molecule has 0 rings (SSSR count). The Hall–Kier alpha value is -0.570. The van der Waals surface area contributed by atoms with Crippen LogP contribution in [0.2, 0.25) is 0 Å². The Morgan fingerprint density at radius 2 is 2.20 bits per heavy atom. The molecule has 1 unspecified atom stereocenters. The molecule has 0 saturated carbocycles. The minimum absolute atomic E-state index is 0.345. The first-order chi connectivity index (χ1) is 4.54. The van der Waals surface area contributed by atoms with Crippen LogP contribution < -0.4 is 0 Å². The van der Waals surface area contributed by atoms with Crippen LogP contribution in [0.1, 0.15) is 6.92 Å². The predicted octanol–water partition coefficient (Wildman–Crippen LogP) is 0.473. The Labute approximate surface area is 61.6 Å². The Morgan fingerprint density at radius 1 is 1.70 bits per heavy atom. The van der Waals surface area contributed by atoms with Crippen LogP contribution in [0, 0.1) is 12.3 Å². The fraction of sp³-hybridized carbons (Fsp3) is 0.714. The number of carbonyl (C=O) groups is 1. The number of nitrogens with zero attached hydrogens (tertiary/aromatic N) is 1. The predicted molar refractivity (Wildman–Crippen MR) is 39.7 cm³/mol. The Bertz CT molecular complexity index is 112. The molecule has 0 aliphatic heterocycles. The number of carboxylic acid groups (broad SMARTS) is 1. The summed E-state index contributed by atoms with van der Waals surface area (Å²) in [4.78, 5) is 12.2. The van der Waals surface area contributed by atoms with Crippen LogP contribution >= 0.6 is 0 Å². The lowest BCUT2D eigenvalue weighted by atomic mass is 10.1. The van der Waals surface area contributed by atoms with Crippen molar-refractivity contribution in [3.63, 3.8) is 0 Å². The molecule has 3 heteroatoms. The van der Waals surface area contributed by atoms with Crippen molar-refractivity contribution in [3.05, 3.63) is 6.42 Å². The molecule has 1 N–H and O–H groups in total. The van der Waals surface area contributed by atoms with Gasteiger partial charge in [0.2, 0.25) is 0 Å². The minimum Gasteiger partial charge on any atom is -0.481 e. The second-order valence-electron chi connectivity index (χ2n) is 2.62. The molecule has 59 valence electrons. The van der Waals surface area contributed by atoms with Crippen LogP contribution in [-0.4, -0.2) is 36.6 Å². The van der Waals surface area contributed by atoms with Gasteiger partial charge in [-0.05, 0) is 20.5 Å². The van der Waals surface area contributed by atoms with E-state index in [1.54, 1.807) is 13.3 Å². The molecule has 0 heterocycles. The Morgan fingerprint density at radius 3 is 2.50 bits per heavy atom. The van der Waals surface area contributed by atoms with Crippen LogP contribution in [0.5, 0.6) is 0 Å². The molecular formula is C7H14NO2. The molecule has 0 aromatic carbocycles. The highest BCUT2D eigenvalue weighted by molar-refractivity contribution is 5.70. The molecule has 0 fully saturated rings. The maximum Gasteiger partial charge on any atom is 0.306 e. The smallest absolute Gasteiger partial charge is 0.306 e. The van der Waals surface area contributed by atoms with Gasteiger partial charge in [-0.3, -0.25) is 4.79 Å². The highest BCUT2D eigenvalue weighted by atomic mass is 16.4. The monoisotopic (exact) mass is 144 g/mol. The highest BCUT2D eigenvalue weighted by Gasteiger charge is 2.10. The fourth-order valence-corrected chi connectivity index (χ4v) is 0.470. The van der Waals surface area contributed by atoms with Crippen molar-refractivity contribution in [3.8, 4) is 0 Å². The van der Waals surface area contributed by atoms with Crippen molar-refractivity contribution in [2.24, 2.45) is 5.92 Å². The lowest BCUT2D eigenvalue weighted by Crippen LogP contribution is -2.20. The van der Waals surface area contributed by atoms with Gasteiger partial charge < -0.3 is 10.0 Å². The maximum atomic E-state index is 10.3. The second kappa shape index (κ2) is 4.28. The summed E-state index contributed by atoms with van der Waals surface area (Å²) < 4.78 is 0. The molecule has 0 aromatic rings. The van der Waals surface area contributed by atoms with E-state index in [2.05, 4.69) is 0 Å². The number of carboxylic acids is 1. The second-order valence-corrected chi connectivity index (χ2v) is 2.62. The molecule has 0 spiro atoms. The third-order valence-corrected chi connectivity index (χ3v) is 1.21. The van der Waals surface area contributed by atoms with Gasteiger partial charge in [-0.1, -0.05) is 6.92 Å². The zero-order chi connectivity index (χ0) is 8.15. The largest absolute Gasteiger partial charge is 0.481 e. The topological polar surface area (TPSA) is 40.5 Å². The normalized spacial score (nSPS) is 13.6. The van der Waals surface area contributed by atoms with Crippen molar-refractivity contribution >= 4 is 5.97 Å². The van der Waals surface area contributed by atoms with Crippen LogP contribution in [0.4, 0.5) is 0 Å². The zero-order valence-corrected chi connectivity index (χ0v) is 6.66. The molecule has 0 aliphatic carbocycles. The molecule has 0 saturated heterocycles. The van der Waals surface area contributed by atoms with E-state index < -0.39 is 5.97 Å². The number of rotatable bonds is 4. The van der Waals surface area contributed by atoms with Gasteiger partial charge in [0, 0.05) is 6.54 Å². The van der Waals surface area contributed by atoms with Crippen LogP contribution in [0.15, 0.2) is 0 Å². The third kappa shape index (κ3) is 4.32. The van der Waals surface area contributed by atoms with Gasteiger partial charge in [0.15, 0.2) is 0 Å². The maximum absolute atomic E-state index is 10.3. The summed E-state index contributed by atoms with van der Waals surface area (Å²) >= 11 is 0. The number of hydrogen-bond acceptors (Lipinski definition) is 2. The Kier molecular flexibility index (Phi) is 4.03. The number of aliphatic carboxylic acids is 1. The summed E-state index contributed by atoms with van der Waals surface area (Å²) in [7, 11) is 3.82. The van der Waals surface area contributed by atoms with E-state index in [-0.39, 0.29) is 5.92 Å². The molecule has 0 aromatic heterocycles. The van der Waals surface area contributed by atoms with Gasteiger partial charge in [0.05, 0.1) is 5.92 Å². The van der Waals surface area contributed by atoms with Crippen molar-refractivity contribution in [2.75, 3.05) is 20.6 Å². The van der Waals surface area contributed by atoms with Crippen LogP contribution in [-0.2, 0) is 4.79 Å². The van der Waals surface area contributed by atoms with E-state index in [1.165, 1.54) is 0 Å². The standard InChI is InChI=1S/C7H14NO2/c1-6(7(9)10)4-5-8(2)3/h4,6H,5H2,1-3H3,(H,9,10). The van der Waals surface area contributed by atoms with Gasteiger partial charge in [0.1, 0.15) is 0 Å². The zero-order valence-electron chi connectivity index (χ0n) is 6.66. The first kappa shape index (κ1) is 9.43. The average Bonchev–Trinajstić information content (AvgIpc) is 1.82.